The van der Waals surface area contributed by atoms with Crippen LogP contribution in [0.4, 0.5) is 4.79 Å². The van der Waals surface area contributed by atoms with Crippen molar-refractivity contribution in [3.8, 4) is 0 Å². The minimum Gasteiger partial charge on any atom is -0.465 e. The highest BCUT2D eigenvalue weighted by atomic mass is 32.2. The number of nitrogens with one attached hydrogen (secondary N) is 1. The normalized spacial score (nSPS) is 12.2. The van der Waals surface area contributed by atoms with Crippen molar-refractivity contribution in [1.82, 2.24) is 5.32 Å². The Morgan fingerprint density at radius 3 is 2.41 bits per heavy atom. The molecule has 0 bridgehead atoms. The van der Waals surface area contributed by atoms with Gasteiger partial charge in [-0.15, -0.1) is 0 Å². The van der Waals surface area contributed by atoms with Crippen molar-refractivity contribution < 1.29 is 18.3 Å². The van der Waals surface area contributed by atoms with E-state index in [9.17, 15) is 13.2 Å². The molecule has 0 spiro atoms. The van der Waals surface area contributed by atoms with Gasteiger partial charge in [0, 0.05) is 6.26 Å². The van der Waals surface area contributed by atoms with Crippen LogP contribution >= 0.6 is 0 Å². The largest absolute Gasteiger partial charge is 0.465 e. The molecule has 0 heterocycles. The zero-order valence-corrected chi connectivity index (χ0v) is 10.1. The van der Waals surface area contributed by atoms with Gasteiger partial charge in [0.25, 0.3) is 0 Å². The summed E-state index contributed by atoms with van der Waals surface area (Å²) in [7, 11) is -3.42. The zero-order chi connectivity index (χ0) is 12.9. The highest BCUT2D eigenvalue weighted by molar-refractivity contribution is 7.94. The molecule has 0 aromatic heterocycles. The summed E-state index contributed by atoms with van der Waals surface area (Å²) in [6.45, 7) is -0.233. The van der Waals surface area contributed by atoms with Crippen LogP contribution in [0, 0.1) is 0 Å². The van der Waals surface area contributed by atoms with Crippen LogP contribution in [0.15, 0.2) is 35.2 Å². The fraction of sp³-hybridized carbons (Fsp3) is 0.182. The number of sulfone groups is 1. The van der Waals surface area contributed by atoms with E-state index < -0.39 is 15.9 Å². The van der Waals surface area contributed by atoms with E-state index in [0.717, 1.165) is 6.26 Å². The molecule has 0 atom stereocenters. The summed E-state index contributed by atoms with van der Waals surface area (Å²) >= 11 is 0. The lowest BCUT2D eigenvalue weighted by Gasteiger charge is -2.05. The van der Waals surface area contributed by atoms with Crippen molar-refractivity contribution >= 4 is 22.0 Å². The first kappa shape index (κ1) is 13.2. The third kappa shape index (κ3) is 4.69. The van der Waals surface area contributed by atoms with Crippen molar-refractivity contribution in [3.63, 3.8) is 0 Å². The molecule has 0 unspecified atom stereocenters. The third-order valence-corrected chi connectivity index (χ3v) is 3.23. The molecule has 0 aliphatic heterocycles. The second-order valence-electron chi connectivity index (χ2n) is 3.45. The Bertz CT molecular complexity index is 520. The molecule has 1 aromatic carbocycles. The summed E-state index contributed by atoms with van der Waals surface area (Å²) in [4.78, 5) is 10.4. The minimum atomic E-state index is -3.42. The van der Waals surface area contributed by atoms with E-state index in [-0.39, 0.29) is 11.4 Å². The van der Waals surface area contributed by atoms with Crippen LogP contribution in [0.3, 0.4) is 0 Å². The SMILES string of the molecule is CS(=O)(=O)C(=Cc1ccccc1)CNC(=O)O. The Kier molecular flexibility index (Phi) is 4.28. The number of hydrogen-bond acceptors (Lipinski definition) is 3. The maximum absolute atomic E-state index is 11.4. The minimum absolute atomic E-state index is 0.0334. The highest BCUT2D eigenvalue weighted by Gasteiger charge is 2.12. The highest BCUT2D eigenvalue weighted by Crippen LogP contribution is 2.10. The van der Waals surface area contributed by atoms with Crippen molar-refractivity contribution in [2.45, 2.75) is 0 Å². The van der Waals surface area contributed by atoms with E-state index in [1.165, 1.54) is 6.08 Å². The zero-order valence-electron chi connectivity index (χ0n) is 9.25. The van der Waals surface area contributed by atoms with Gasteiger partial charge >= 0.3 is 6.09 Å². The maximum Gasteiger partial charge on any atom is 0.404 e. The van der Waals surface area contributed by atoms with Crippen molar-refractivity contribution in [3.05, 3.63) is 40.8 Å². The summed E-state index contributed by atoms with van der Waals surface area (Å²) in [5.41, 5.74) is 0.708. The van der Waals surface area contributed by atoms with Crippen LogP contribution < -0.4 is 5.32 Å². The molecule has 1 amide bonds. The predicted molar refractivity (Wildman–Crippen MR) is 65.3 cm³/mol. The van der Waals surface area contributed by atoms with Crippen LogP contribution in [0.1, 0.15) is 5.56 Å². The quantitative estimate of drug-likeness (QED) is 0.850. The van der Waals surface area contributed by atoms with Crippen LogP contribution in [-0.4, -0.2) is 32.4 Å². The molecule has 6 heteroatoms. The van der Waals surface area contributed by atoms with Crippen molar-refractivity contribution in [2.75, 3.05) is 12.8 Å². The molecule has 5 nitrogen and oxygen atoms in total. The average Bonchev–Trinajstić information content (AvgIpc) is 2.23. The van der Waals surface area contributed by atoms with Gasteiger partial charge in [0.1, 0.15) is 0 Å². The van der Waals surface area contributed by atoms with E-state index in [0.29, 0.717) is 5.56 Å². The molecule has 1 rings (SSSR count). The van der Waals surface area contributed by atoms with Gasteiger partial charge in [0.2, 0.25) is 0 Å². The van der Waals surface area contributed by atoms with Gasteiger partial charge < -0.3 is 10.4 Å². The number of hydrogen-bond donors (Lipinski definition) is 2. The van der Waals surface area contributed by atoms with Crippen molar-refractivity contribution in [2.24, 2.45) is 0 Å². The first-order valence-corrected chi connectivity index (χ1v) is 6.71. The molecule has 0 aliphatic carbocycles. The molecule has 17 heavy (non-hydrogen) atoms. The Balaban J connectivity index is 2.99. The van der Waals surface area contributed by atoms with Crippen LogP contribution in [-0.2, 0) is 9.84 Å². The third-order valence-electron chi connectivity index (χ3n) is 2.02. The Labute approximate surface area is 99.7 Å². The van der Waals surface area contributed by atoms with E-state index in [1.807, 2.05) is 11.4 Å². The second-order valence-corrected chi connectivity index (χ2v) is 5.52. The second kappa shape index (κ2) is 5.49. The molecule has 2 N–H and O–H groups in total. The molecule has 1 aromatic rings. The van der Waals surface area contributed by atoms with E-state index in [4.69, 9.17) is 5.11 Å². The molecule has 0 radical (unpaired) electrons. The first-order valence-electron chi connectivity index (χ1n) is 4.82. The summed E-state index contributed by atoms with van der Waals surface area (Å²) in [6, 6.07) is 8.84. The van der Waals surface area contributed by atoms with Gasteiger partial charge in [-0.25, -0.2) is 13.2 Å². The summed E-state index contributed by atoms with van der Waals surface area (Å²) in [6.07, 6.45) is 1.24. The van der Waals surface area contributed by atoms with Gasteiger partial charge in [0.15, 0.2) is 9.84 Å². The van der Waals surface area contributed by atoms with Gasteiger partial charge in [-0.1, -0.05) is 30.3 Å². The van der Waals surface area contributed by atoms with Crippen LogP contribution in [0.2, 0.25) is 0 Å². The Morgan fingerprint density at radius 2 is 1.94 bits per heavy atom. The molecule has 0 aliphatic rings. The molecule has 0 fully saturated rings. The lowest BCUT2D eigenvalue weighted by atomic mass is 10.2. The Hall–Kier alpha value is -1.82. The molecule has 92 valence electrons. The van der Waals surface area contributed by atoms with Gasteiger partial charge in [-0.3, -0.25) is 0 Å². The van der Waals surface area contributed by atoms with Crippen LogP contribution in [0.25, 0.3) is 6.08 Å². The van der Waals surface area contributed by atoms with Gasteiger partial charge in [-0.05, 0) is 11.6 Å². The number of benzene rings is 1. The monoisotopic (exact) mass is 255 g/mol. The summed E-state index contributed by atoms with van der Waals surface area (Å²) in [5, 5.41) is 10.5. The number of amides is 1. The van der Waals surface area contributed by atoms with E-state index in [2.05, 4.69) is 0 Å². The Morgan fingerprint density at radius 1 is 1.35 bits per heavy atom. The van der Waals surface area contributed by atoms with Crippen LogP contribution in [0.5, 0.6) is 0 Å². The smallest absolute Gasteiger partial charge is 0.404 e. The molecule has 0 saturated carbocycles. The number of carboxylic acid groups (broad SMARTS) is 1. The van der Waals surface area contributed by atoms with Crippen molar-refractivity contribution in [1.29, 1.82) is 0 Å². The number of rotatable bonds is 4. The fourth-order valence-electron chi connectivity index (χ4n) is 1.19. The maximum atomic E-state index is 11.4. The lowest BCUT2D eigenvalue weighted by Crippen LogP contribution is -2.25. The fourth-order valence-corrected chi connectivity index (χ4v) is 1.87. The molecular weight excluding hydrogens is 242 g/mol. The van der Waals surface area contributed by atoms with Gasteiger partial charge in [-0.2, -0.15) is 0 Å². The number of carbonyl (C=O) groups is 1. The lowest BCUT2D eigenvalue weighted by molar-refractivity contribution is 0.195. The summed E-state index contributed by atoms with van der Waals surface area (Å²) in [5.74, 6) is 0. The summed E-state index contributed by atoms with van der Waals surface area (Å²) < 4.78 is 22.9. The molecular formula is C11H13NO4S. The first-order chi connectivity index (χ1) is 7.89. The predicted octanol–water partition coefficient (Wildman–Crippen LogP) is 1.34. The molecule has 0 saturated heterocycles. The van der Waals surface area contributed by atoms with E-state index in [1.54, 1.807) is 24.3 Å². The van der Waals surface area contributed by atoms with E-state index >= 15 is 0 Å². The standard InChI is InChI=1S/C11H13NO4S/c1-17(15,16)10(8-12-11(13)14)7-9-5-3-2-4-6-9/h2-7,12H,8H2,1H3,(H,13,14). The van der Waals surface area contributed by atoms with Gasteiger partial charge in [0.05, 0.1) is 11.4 Å². The topological polar surface area (TPSA) is 83.5 Å². The average molecular weight is 255 g/mol.